The zero-order valence-electron chi connectivity index (χ0n) is 15.3. The average molecular weight is 406 g/mol. The fourth-order valence-electron chi connectivity index (χ4n) is 3.30. The second-order valence-corrected chi connectivity index (χ2v) is 8.42. The number of nitrogens with zero attached hydrogens (tertiary/aromatic N) is 2. The Morgan fingerprint density at radius 3 is 2.59 bits per heavy atom. The normalized spacial score (nSPS) is 17.7. The lowest BCUT2D eigenvalue weighted by atomic mass is 10.0. The van der Waals surface area contributed by atoms with Gasteiger partial charge >= 0.3 is 0 Å². The van der Waals surface area contributed by atoms with E-state index >= 15 is 0 Å². The van der Waals surface area contributed by atoms with E-state index in [0.29, 0.717) is 30.8 Å². The van der Waals surface area contributed by atoms with Gasteiger partial charge in [-0.15, -0.1) is 12.4 Å². The average Bonchev–Trinajstić information content (AvgIpc) is 2.68. The molecular formula is C20H24ClN3O2S. The minimum Gasteiger partial charge on any atom is -0.313 e. The third-order valence-corrected chi connectivity index (χ3v) is 6.58. The van der Waals surface area contributed by atoms with Gasteiger partial charge in [-0.2, -0.15) is 9.57 Å². The van der Waals surface area contributed by atoms with E-state index in [1.54, 1.807) is 28.6 Å². The van der Waals surface area contributed by atoms with E-state index in [1.165, 1.54) is 5.56 Å². The molecule has 1 N–H and O–H groups in total. The monoisotopic (exact) mass is 405 g/mol. The van der Waals surface area contributed by atoms with Crippen LogP contribution in [0, 0.1) is 11.3 Å². The van der Waals surface area contributed by atoms with Gasteiger partial charge in [0.15, 0.2) is 0 Å². The first-order chi connectivity index (χ1) is 12.5. The van der Waals surface area contributed by atoms with Crippen LogP contribution < -0.4 is 5.32 Å². The quantitative estimate of drug-likeness (QED) is 0.829. The van der Waals surface area contributed by atoms with Crippen molar-refractivity contribution in [2.24, 2.45) is 0 Å². The minimum atomic E-state index is -3.49. The second kappa shape index (κ2) is 9.34. The Balaban J connectivity index is 0.00000261. The molecule has 1 aliphatic heterocycles. The molecule has 0 amide bonds. The molecule has 0 saturated carbocycles. The number of halogens is 1. The third kappa shape index (κ3) is 5.08. The number of rotatable bonds is 5. The standard InChI is InChI=1S/C20H23N3O2S.ClH/c1-2-16-6-8-19(9-7-16)20-14-22-10-11-23(20)26(24,25)15-18-5-3-4-17(12-18)13-21;/h3-9,12,20,22H,2,10-11,14-15H2,1H3;1H. The van der Waals surface area contributed by atoms with Gasteiger partial charge in [-0.05, 0) is 35.2 Å². The Labute approximate surface area is 167 Å². The van der Waals surface area contributed by atoms with Crippen LogP contribution in [-0.2, 0) is 22.2 Å². The fraction of sp³-hybridized carbons (Fsp3) is 0.350. The molecule has 1 fully saturated rings. The van der Waals surface area contributed by atoms with Crippen LogP contribution in [0.25, 0.3) is 0 Å². The van der Waals surface area contributed by atoms with Gasteiger partial charge in [-0.25, -0.2) is 8.42 Å². The molecule has 27 heavy (non-hydrogen) atoms. The number of benzene rings is 2. The summed E-state index contributed by atoms with van der Waals surface area (Å²) in [5, 5.41) is 12.3. The molecule has 1 heterocycles. The van der Waals surface area contributed by atoms with Crippen LogP contribution in [0.2, 0.25) is 0 Å². The Kier molecular flexibility index (Phi) is 7.40. The van der Waals surface area contributed by atoms with Gasteiger partial charge in [0.25, 0.3) is 0 Å². The molecular weight excluding hydrogens is 382 g/mol. The van der Waals surface area contributed by atoms with Crippen molar-refractivity contribution in [1.82, 2.24) is 9.62 Å². The summed E-state index contributed by atoms with van der Waals surface area (Å²) in [5.41, 5.74) is 3.36. The highest BCUT2D eigenvalue weighted by molar-refractivity contribution is 7.88. The highest BCUT2D eigenvalue weighted by Gasteiger charge is 2.33. The Morgan fingerprint density at radius 1 is 1.19 bits per heavy atom. The first-order valence-corrected chi connectivity index (χ1v) is 10.4. The largest absolute Gasteiger partial charge is 0.313 e. The number of nitriles is 1. The number of hydrogen-bond acceptors (Lipinski definition) is 4. The summed E-state index contributed by atoms with van der Waals surface area (Å²) in [6.45, 7) is 3.79. The molecule has 1 saturated heterocycles. The lowest BCUT2D eigenvalue weighted by Gasteiger charge is -2.35. The lowest BCUT2D eigenvalue weighted by Crippen LogP contribution is -2.48. The summed E-state index contributed by atoms with van der Waals surface area (Å²) in [7, 11) is -3.49. The van der Waals surface area contributed by atoms with Gasteiger partial charge in [-0.3, -0.25) is 0 Å². The SMILES string of the molecule is CCc1ccc(C2CNCCN2S(=O)(=O)Cc2cccc(C#N)c2)cc1.Cl. The molecule has 0 aliphatic carbocycles. The molecule has 0 bridgehead atoms. The second-order valence-electron chi connectivity index (χ2n) is 6.49. The Morgan fingerprint density at radius 2 is 1.93 bits per heavy atom. The van der Waals surface area contributed by atoms with Crippen LogP contribution in [0.4, 0.5) is 0 Å². The van der Waals surface area contributed by atoms with Crippen molar-refractivity contribution in [1.29, 1.82) is 5.26 Å². The number of nitrogens with one attached hydrogen (secondary N) is 1. The predicted molar refractivity (Wildman–Crippen MR) is 109 cm³/mol. The van der Waals surface area contributed by atoms with Crippen LogP contribution in [0.3, 0.4) is 0 Å². The molecule has 2 aromatic rings. The van der Waals surface area contributed by atoms with Crippen LogP contribution in [0.5, 0.6) is 0 Å². The molecule has 1 aliphatic rings. The summed E-state index contributed by atoms with van der Waals surface area (Å²) in [5.74, 6) is -0.0912. The van der Waals surface area contributed by atoms with Crippen LogP contribution >= 0.6 is 12.4 Å². The van der Waals surface area contributed by atoms with Crippen molar-refractivity contribution >= 4 is 22.4 Å². The number of sulfonamides is 1. The summed E-state index contributed by atoms with van der Waals surface area (Å²) in [4.78, 5) is 0. The van der Waals surface area contributed by atoms with E-state index < -0.39 is 10.0 Å². The van der Waals surface area contributed by atoms with Crippen LogP contribution in [0.15, 0.2) is 48.5 Å². The van der Waals surface area contributed by atoms with Crippen molar-refractivity contribution < 1.29 is 8.42 Å². The summed E-state index contributed by atoms with van der Waals surface area (Å²) in [6.07, 6.45) is 0.959. The molecule has 1 atom stereocenters. The van der Waals surface area contributed by atoms with E-state index in [4.69, 9.17) is 5.26 Å². The first-order valence-electron chi connectivity index (χ1n) is 8.81. The summed E-state index contributed by atoms with van der Waals surface area (Å²) in [6, 6.07) is 16.8. The van der Waals surface area contributed by atoms with E-state index in [-0.39, 0.29) is 24.2 Å². The van der Waals surface area contributed by atoms with Gasteiger partial charge in [0.2, 0.25) is 10.0 Å². The van der Waals surface area contributed by atoms with Crippen LogP contribution in [-0.4, -0.2) is 32.4 Å². The zero-order valence-corrected chi connectivity index (χ0v) is 16.9. The summed E-state index contributed by atoms with van der Waals surface area (Å²) >= 11 is 0. The molecule has 0 spiro atoms. The Bertz CT molecular complexity index is 908. The first kappa shape index (κ1) is 21.4. The topological polar surface area (TPSA) is 73.2 Å². The van der Waals surface area contributed by atoms with Gasteiger partial charge in [0, 0.05) is 19.6 Å². The number of hydrogen-bond donors (Lipinski definition) is 1. The predicted octanol–water partition coefficient (Wildman–Crippen LogP) is 3.02. The van der Waals surface area contributed by atoms with Gasteiger partial charge < -0.3 is 5.32 Å². The molecule has 144 valence electrons. The van der Waals surface area contributed by atoms with Gasteiger partial charge in [0.1, 0.15) is 0 Å². The lowest BCUT2D eigenvalue weighted by molar-refractivity contribution is 0.271. The van der Waals surface area contributed by atoms with Crippen LogP contribution in [0.1, 0.15) is 35.2 Å². The maximum atomic E-state index is 13.1. The van der Waals surface area contributed by atoms with Gasteiger partial charge in [0.05, 0.1) is 23.4 Å². The molecule has 0 radical (unpaired) electrons. The molecule has 5 nitrogen and oxygen atoms in total. The maximum absolute atomic E-state index is 13.1. The van der Waals surface area contributed by atoms with Crippen molar-refractivity contribution in [3.63, 3.8) is 0 Å². The molecule has 3 rings (SSSR count). The highest BCUT2D eigenvalue weighted by atomic mass is 35.5. The Hall–Kier alpha value is -1.91. The molecule has 7 heteroatoms. The van der Waals surface area contributed by atoms with Crippen molar-refractivity contribution in [2.45, 2.75) is 25.1 Å². The van der Waals surface area contributed by atoms with E-state index in [9.17, 15) is 8.42 Å². The minimum absolute atomic E-state index is 0. The number of aryl methyl sites for hydroxylation is 1. The summed E-state index contributed by atoms with van der Waals surface area (Å²) < 4.78 is 27.8. The van der Waals surface area contributed by atoms with E-state index in [2.05, 4.69) is 30.4 Å². The van der Waals surface area contributed by atoms with E-state index in [0.717, 1.165) is 12.0 Å². The molecule has 2 aromatic carbocycles. The number of piperazine rings is 1. The third-order valence-electron chi connectivity index (χ3n) is 4.73. The zero-order chi connectivity index (χ0) is 18.6. The van der Waals surface area contributed by atoms with Gasteiger partial charge in [-0.1, -0.05) is 43.3 Å². The maximum Gasteiger partial charge on any atom is 0.218 e. The smallest absolute Gasteiger partial charge is 0.218 e. The fourth-order valence-corrected chi connectivity index (χ4v) is 5.02. The highest BCUT2D eigenvalue weighted by Crippen LogP contribution is 2.27. The van der Waals surface area contributed by atoms with E-state index in [1.807, 2.05) is 12.1 Å². The van der Waals surface area contributed by atoms with Crippen molar-refractivity contribution in [3.05, 3.63) is 70.8 Å². The van der Waals surface area contributed by atoms with Crippen molar-refractivity contribution in [3.8, 4) is 6.07 Å². The van der Waals surface area contributed by atoms with Crippen molar-refractivity contribution in [2.75, 3.05) is 19.6 Å². The molecule has 1 unspecified atom stereocenters. The molecule has 0 aromatic heterocycles.